The van der Waals surface area contributed by atoms with Crippen molar-refractivity contribution in [1.82, 2.24) is 9.78 Å². The average molecular weight is 241 g/mol. The van der Waals surface area contributed by atoms with Gasteiger partial charge in [-0.25, -0.2) is 4.68 Å². The van der Waals surface area contributed by atoms with E-state index in [1.165, 1.54) is 10.9 Å². The number of anilines is 1. The quantitative estimate of drug-likeness (QED) is 0.780. The Morgan fingerprint density at radius 3 is 2.47 bits per heavy atom. The van der Waals surface area contributed by atoms with Crippen LogP contribution in [0.5, 0.6) is 0 Å². The molecule has 3 nitrogen and oxygen atoms in total. The van der Waals surface area contributed by atoms with E-state index in [1.807, 2.05) is 0 Å². The lowest BCUT2D eigenvalue weighted by atomic mass is 10.2. The molecule has 1 heterocycles. The van der Waals surface area contributed by atoms with Gasteiger partial charge >= 0.3 is 6.18 Å². The molecule has 6 heteroatoms. The molecule has 0 saturated carbocycles. The van der Waals surface area contributed by atoms with Crippen molar-refractivity contribution >= 4 is 5.69 Å². The van der Waals surface area contributed by atoms with Crippen molar-refractivity contribution in [3.63, 3.8) is 0 Å². The monoisotopic (exact) mass is 241 g/mol. The first-order chi connectivity index (χ1) is 7.88. The zero-order chi connectivity index (χ0) is 12.6. The van der Waals surface area contributed by atoms with Crippen molar-refractivity contribution in [2.24, 2.45) is 0 Å². The first kappa shape index (κ1) is 11.5. The van der Waals surface area contributed by atoms with Crippen LogP contribution in [0.25, 0.3) is 5.69 Å². The molecule has 2 rings (SSSR count). The summed E-state index contributed by atoms with van der Waals surface area (Å²) in [6.45, 7) is 1.76. The van der Waals surface area contributed by atoms with Crippen LogP contribution in [-0.2, 0) is 6.18 Å². The highest BCUT2D eigenvalue weighted by atomic mass is 19.4. The lowest BCUT2D eigenvalue weighted by Crippen LogP contribution is -2.07. The van der Waals surface area contributed by atoms with E-state index in [4.69, 9.17) is 5.73 Å². The van der Waals surface area contributed by atoms with Gasteiger partial charge in [-0.15, -0.1) is 0 Å². The van der Waals surface area contributed by atoms with E-state index < -0.39 is 11.9 Å². The number of rotatable bonds is 1. The molecule has 0 fully saturated rings. The predicted octanol–water partition coefficient (Wildman–Crippen LogP) is 2.78. The number of aromatic nitrogens is 2. The van der Waals surface area contributed by atoms with Crippen LogP contribution in [0, 0.1) is 6.92 Å². The molecule has 17 heavy (non-hydrogen) atoms. The number of nitrogens with two attached hydrogens (primary N) is 1. The van der Waals surface area contributed by atoms with E-state index in [9.17, 15) is 13.2 Å². The summed E-state index contributed by atoms with van der Waals surface area (Å²) in [4.78, 5) is 0. The van der Waals surface area contributed by atoms with Gasteiger partial charge in [0.25, 0.3) is 0 Å². The normalized spacial score (nSPS) is 11.8. The molecule has 0 atom stereocenters. The van der Waals surface area contributed by atoms with E-state index in [-0.39, 0.29) is 0 Å². The first-order valence-corrected chi connectivity index (χ1v) is 4.87. The number of nitrogens with zero attached hydrogens (tertiary/aromatic N) is 2. The van der Waals surface area contributed by atoms with Crippen LogP contribution in [0.15, 0.2) is 30.5 Å². The van der Waals surface area contributed by atoms with Crippen molar-refractivity contribution in [3.05, 3.63) is 41.7 Å². The van der Waals surface area contributed by atoms with Crippen LogP contribution in [-0.4, -0.2) is 9.78 Å². The maximum absolute atomic E-state index is 12.4. The summed E-state index contributed by atoms with van der Waals surface area (Å²) >= 11 is 0. The fraction of sp³-hybridized carbons (Fsp3) is 0.182. The number of benzene rings is 1. The van der Waals surface area contributed by atoms with Gasteiger partial charge in [-0.3, -0.25) is 0 Å². The summed E-state index contributed by atoms with van der Waals surface area (Å²) in [5.41, 5.74) is 6.57. The third-order valence-corrected chi connectivity index (χ3v) is 2.35. The summed E-state index contributed by atoms with van der Waals surface area (Å²) in [5.74, 6) is 0. The van der Waals surface area contributed by atoms with Crippen LogP contribution >= 0.6 is 0 Å². The fourth-order valence-electron chi connectivity index (χ4n) is 1.55. The van der Waals surface area contributed by atoms with Crippen molar-refractivity contribution in [2.45, 2.75) is 13.1 Å². The molecular weight excluding hydrogens is 231 g/mol. The highest BCUT2D eigenvalue weighted by molar-refractivity contribution is 5.50. The number of halogens is 3. The zero-order valence-electron chi connectivity index (χ0n) is 8.99. The second-order valence-electron chi connectivity index (χ2n) is 3.69. The summed E-state index contributed by atoms with van der Waals surface area (Å²) < 4.78 is 38.3. The summed E-state index contributed by atoms with van der Waals surface area (Å²) in [6, 6.07) is 5.88. The number of aryl methyl sites for hydroxylation is 1. The van der Waals surface area contributed by atoms with Gasteiger partial charge < -0.3 is 5.73 Å². The smallest absolute Gasteiger partial charge is 0.399 e. The van der Waals surface area contributed by atoms with E-state index in [2.05, 4.69) is 5.10 Å². The van der Waals surface area contributed by atoms with Crippen molar-refractivity contribution in [1.29, 1.82) is 0 Å². The molecule has 0 aliphatic carbocycles. The lowest BCUT2D eigenvalue weighted by Gasteiger charge is -2.07. The Labute approximate surface area is 95.7 Å². The SMILES string of the molecule is Cc1cc(N)ccc1-n1ccc(C(F)(F)F)n1. The maximum Gasteiger partial charge on any atom is 0.435 e. The van der Waals surface area contributed by atoms with Crippen LogP contribution < -0.4 is 5.73 Å². The minimum atomic E-state index is -4.42. The first-order valence-electron chi connectivity index (χ1n) is 4.87. The molecule has 2 N–H and O–H groups in total. The molecule has 0 saturated heterocycles. The van der Waals surface area contributed by atoms with Gasteiger partial charge in [0.1, 0.15) is 0 Å². The molecule has 1 aromatic carbocycles. The van der Waals surface area contributed by atoms with Crippen molar-refractivity contribution in [2.75, 3.05) is 5.73 Å². The number of alkyl halides is 3. The van der Waals surface area contributed by atoms with Crippen LogP contribution in [0.3, 0.4) is 0 Å². The zero-order valence-corrected chi connectivity index (χ0v) is 8.99. The predicted molar refractivity (Wildman–Crippen MR) is 57.7 cm³/mol. The molecule has 1 aromatic heterocycles. The molecule has 0 unspecified atom stereocenters. The Hall–Kier alpha value is -1.98. The van der Waals surface area contributed by atoms with E-state index in [0.29, 0.717) is 11.4 Å². The minimum Gasteiger partial charge on any atom is -0.399 e. The molecule has 0 aliphatic heterocycles. The van der Waals surface area contributed by atoms with Gasteiger partial charge in [0.05, 0.1) is 5.69 Å². The number of hydrogen-bond acceptors (Lipinski definition) is 2. The number of hydrogen-bond donors (Lipinski definition) is 1. The molecule has 0 bridgehead atoms. The van der Waals surface area contributed by atoms with Gasteiger partial charge in [0.2, 0.25) is 0 Å². The Morgan fingerprint density at radius 1 is 1.24 bits per heavy atom. The molecular formula is C11H10F3N3. The largest absolute Gasteiger partial charge is 0.435 e. The Kier molecular flexibility index (Phi) is 2.57. The van der Waals surface area contributed by atoms with Crippen molar-refractivity contribution in [3.8, 4) is 5.69 Å². The molecule has 2 aromatic rings. The molecule has 0 amide bonds. The second kappa shape index (κ2) is 3.80. The van der Waals surface area contributed by atoms with Gasteiger partial charge in [-0.05, 0) is 36.8 Å². The molecule has 0 spiro atoms. The Balaban J connectivity index is 2.44. The summed E-state index contributed by atoms with van der Waals surface area (Å²) in [6.07, 6.45) is -3.14. The van der Waals surface area contributed by atoms with E-state index in [0.717, 1.165) is 11.6 Å². The highest BCUT2D eigenvalue weighted by Gasteiger charge is 2.33. The standard InChI is InChI=1S/C11H10F3N3/c1-7-6-8(15)2-3-9(7)17-5-4-10(16-17)11(12,13)14/h2-6H,15H2,1H3. The van der Waals surface area contributed by atoms with Gasteiger partial charge in [0, 0.05) is 11.9 Å². The molecule has 90 valence electrons. The topological polar surface area (TPSA) is 43.8 Å². The Bertz CT molecular complexity index is 543. The Morgan fingerprint density at radius 2 is 1.94 bits per heavy atom. The van der Waals surface area contributed by atoms with Gasteiger partial charge in [-0.2, -0.15) is 18.3 Å². The summed E-state index contributed by atoms with van der Waals surface area (Å²) in [5, 5.41) is 3.49. The van der Waals surface area contributed by atoms with Gasteiger partial charge in [0.15, 0.2) is 5.69 Å². The lowest BCUT2D eigenvalue weighted by molar-refractivity contribution is -0.141. The summed E-state index contributed by atoms with van der Waals surface area (Å²) in [7, 11) is 0. The van der Waals surface area contributed by atoms with E-state index in [1.54, 1.807) is 25.1 Å². The fourth-order valence-corrected chi connectivity index (χ4v) is 1.55. The molecule has 0 radical (unpaired) electrons. The number of nitrogen functional groups attached to an aromatic ring is 1. The van der Waals surface area contributed by atoms with Crippen LogP contribution in [0.2, 0.25) is 0 Å². The minimum absolute atomic E-state index is 0.564. The molecule has 0 aliphatic rings. The third kappa shape index (κ3) is 2.25. The maximum atomic E-state index is 12.4. The average Bonchev–Trinajstić information content (AvgIpc) is 2.65. The van der Waals surface area contributed by atoms with Gasteiger partial charge in [-0.1, -0.05) is 0 Å². The second-order valence-corrected chi connectivity index (χ2v) is 3.69. The highest BCUT2D eigenvalue weighted by Crippen LogP contribution is 2.28. The van der Waals surface area contributed by atoms with Crippen LogP contribution in [0.1, 0.15) is 11.3 Å². The van der Waals surface area contributed by atoms with E-state index >= 15 is 0 Å². The third-order valence-electron chi connectivity index (χ3n) is 2.35. The van der Waals surface area contributed by atoms with Crippen molar-refractivity contribution < 1.29 is 13.2 Å². The van der Waals surface area contributed by atoms with Crippen LogP contribution in [0.4, 0.5) is 18.9 Å².